The quantitative estimate of drug-likeness (QED) is 0.891. The molecule has 19 heavy (non-hydrogen) atoms. The summed E-state index contributed by atoms with van der Waals surface area (Å²) >= 11 is 1.71. The van der Waals surface area contributed by atoms with Crippen LogP contribution in [0.25, 0.3) is 0 Å². The summed E-state index contributed by atoms with van der Waals surface area (Å²) in [6, 6.07) is 2.12. The van der Waals surface area contributed by atoms with Gasteiger partial charge in [-0.1, -0.05) is 0 Å². The molecule has 104 valence electrons. The molecule has 0 saturated carbocycles. The van der Waals surface area contributed by atoms with E-state index in [1.165, 1.54) is 42.5 Å². The number of thiophene rings is 1. The van der Waals surface area contributed by atoms with Crippen LogP contribution in [-0.2, 0) is 12.8 Å². The Bertz CT molecular complexity index is 425. The van der Waals surface area contributed by atoms with Gasteiger partial charge in [-0.2, -0.15) is 0 Å². The topological polar surface area (TPSA) is 41.1 Å². The maximum atomic E-state index is 12.2. The van der Waals surface area contributed by atoms with Crippen LogP contribution in [0.2, 0.25) is 0 Å². The number of aryl methyl sites for hydroxylation is 2. The summed E-state index contributed by atoms with van der Waals surface area (Å²) in [6.45, 7) is 3.02. The first-order valence-electron chi connectivity index (χ1n) is 7.43. The molecule has 3 nitrogen and oxygen atoms in total. The molecule has 1 aromatic heterocycles. The molecule has 0 bridgehead atoms. The van der Waals surface area contributed by atoms with Gasteiger partial charge in [0.1, 0.15) is 0 Å². The van der Waals surface area contributed by atoms with Crippen molar-refractivity contribution in [1.29, 1.82) is 0 Å². The molecule has 0 radical (unpaired) electrons. The zero-order chi connectivity index (χ0) is 13.1. The summed E-state index contributed by atoms with van der Waals surface area (Å²) in [4.78, 5) is 14.5. The van der Waals surface area contributed by atoms with Crippen LogP contribution >= 0.6 is 11.3 Å². The number of carbonyl (C=O) groups excluding carboxylic acids is 1. The number of nitrogens with one attached hydrogen (secondary N) is 2. The molecule has 0 unspecified atom stereocenters. The molecule has 2 aliphatic rings. The van der Waals surface area contributed by atoms with E-state index in [9.17, 15) is 4.79 Å². The van der Waals surface area contributed by atoms with Crippen molar-refractivity contribution < 1.29 is 4.79 Å². The molecule has 2 N–H and O–H groups in total. The Kier molecular flexibility index (Phi) is 4.18. The van der Waals surface area contributed by atoms with E-state index in [1.54, 1.807) is 11.3 Å². The summed E-state index contributed by atoms with van der Waals surface area (Å²) < 4.78 is 0. The second-order valence-corrected chi connectivity index (χ2v) is 6.81. The highest BCUT2D eigenvalue weighted by molar-refractivity contribution is 7.14. The van der Waals surface area contributed by atoms with Crippen molar-refractivity contribution in [1.82, 2.24) is 10.6 Å². The fourth-order valence-electron chi connectivity index (χ4n) is 3.01. The van der Waals surface area contributed by atoms with Crippen LogP contribution in [0.3, 0.4) is 0 Å². The minimum atomic E-state index is 0.137. The minimum absolute atomic E-state index is 0.137. The van der Waals surface area contributed by atoms with Crippen molar-refractivity contribution >= 4 is 17.2 Å². The fourth-order valence-corrected chi connectivity index (χ4v) is 4.18. The lowest BCUT2D eigenvalue weighted by molar-refractivity contribution is 0.0948. The Morgan fingerprint density at radius 2 is 2.11 bits per heavy atom. The standard InChI is InChI=1S/C15H22N2OS/c18-15(17-10-11-5-7-16-8-6-11)14-9-12-3-1-2-4-13(12)19-14/h9,11,16H,1-8,10H2,(H,17,18). The average molecular weight is 278 g/mol. The van der Waals surface area contributed by atoms with E-state index in [2.05, 4.69) is 16.7 Å². The number of hydrogen-bond acceptors (Lipinski definition) is 3. The van der Waals surface area contributed by atoms with Crippen LogP contribution in [0.1, 0.15) is 45.8 Å². The molecule has 1 aromatic rings. The zero-order valence-electron chi connectivity index (χ0n) is 11.3. The summed E-state index contributed by atoms with van der Waals surface area (Å²) in [5.74, 6) is 0.790. The number of hydrogen-bond donors (Lipinski definition) is 2. The number of fused-ring (bicyclic) bond motifs is 1. The normalized spacial score (nSPS) is 20.0. The van der Waals surface area contributed by atoms with Crippen LogP contribution in [0.15, 0.2) is 6.07 Å². The lowest BCUT2D eigenvalue weighted by atomic mass is 9.98. The number of piperidine rings is 1. The molecule has 3 rings (SSSR count). The van der Waals surface area contributed by atoms with Gasteiger partial charge in [0.15, 0.2) is 0 Å². The van der Waals surface area contributed by atoms with E-state index in [0.717, 1.165) is 30.9 Å². The van der Waals surface area contributed by atoms with Crippen LogP contribution in [0.4, 0.5) is 0 Å². The highest BCUT2D eigenvalue weighted by atomic mass is 32.1. The first-order chi connectivity index (χ1) is 9.33. The van der Waals surface area contributed by atoms with Gasteiger partial charge in [0.2, 0.25) is 0 Å². The third-order valence-corrected chi connectivity index (χ3v) is 5.47. The number of carbonyl (C=O) groups is 1. The Hall–Kier alpha value is -0.870. The molecule has 0 spiro atoms. The predicted octanol–water partition coefficient (Wildman–Crippen LogP) is 2.36. The van der Waals surface area contributed by atoms with Gasteiger partial charge in [-0.05, 0) is 69.2 Å². The molecule has 1 aliphatic carbocycles. The Labute approximate surface area is 118 Å². The monoisotopic (exact) mass is 278 g/mol. The molecule has 1 fully saturated rings. The predicted molar refractivity (Wildman–Crippen MR) is 78.9 cm³/mol. The smallest absolute Gasteiger partial charge is 0.261 e. The molecule has 1 aliphatic heterocycles. The molecular formula is C15H22N2OS. The summed E-state index contributed by atoms with van der Waals surface area (Å²) in [5.41, 5.74) is 1.42. The van der Waals surface area contributed by atoms with Crippen molar-refractivity contribution in [2.24, 2.45) is 5.92 Å². The third kappa shape index (κ3) is 3.18. The van der Waals surface area contributed by atoms with Gasteiger partial charge in [0, 0.05) is 11.4 Å². The summed E-state index contributed by atoms with van der Waals surface area (Å²) in [5, 5.41) is 6.48. The lowest BCUT2D eigenvalue weighted by Crippen LogP contribution is -2.35. The van der Waals surface area contributed by atoms with Crippen LogP contribution < -0.4 is 10.6 Å². The van der Waals surface area contributed by atoms with Gasteiger partial charge in [0.25, 0.3) is 5.91 Å². The molecule has 1 saturated heterocycles. The molecule has 2 heterocycles. The van der Waals surface area contributed by atoms with Crippen LogP contribution in [-0.4, -0.2) is 25.5 Å². The van der Waals surface area contributed by atoms with Crippen molar-refractivity contribution in [3.8, 4) is 0 Å². The van der Waals surface area contributed by atoms with Gasteiger partial charge in [-0.15, -0.1) is 11.3 Å². The summed E-state index contributed by atoms with van der Waals surface area (Å²) in [6.07, 6.45) is 7.25. The number of rotatable bonds is 3. The molecule has 1 amide bonds. The largest absolute Gasteiger partial charge is 0.351 e. The highest BCUT2D eigenvalue weighted by Gasteiger charge is 2.18. The average Bonchev–Trinajstić information content (AvgIpc) is 2.90. The second kappa shape index (κ2) is 6.06. The van der Waals surface area contributed by atoms with E-state index in [4.69, 9.17) is 0 Å². The van der Waals surface area contributed by atoms with Gasteiger partial charge in [-0.3, -0.25) is 4.79 Å². The van der Waals surface area contributed by atoms with E-state index in [-0.39, 0.29) is 5.91 Å². The van der Waals surface area contributed by atoms with Crippen molar-refractivity contribution in [2.75, 3.05) is 19.6 Å². The fraction of sp³-hybridized carbons (Fsp3) is 0.667. The first kappa shape index (κ1) is 13.1. The van der Waals surface area contributed by atoms with E-state index in [0.29, 0.717) is 5.92 Å². The molecule has 0 aromatic carbocycles. The van der Waals surface area contributed by atoms with Crippen molar-refractivity contribution in [2.45, 2.75) is 38.5 Å². The van der Waals surface area contributed by atoms with Crippen LogP contribution in [0, 0.1) is 5.92 Å². The van der Waals surface area contributed by atoms with Gasteiger partial charge < -0.3 is 10.6 Å². The van der Waals surface area contributed by atoms with E-state index in [1.807, 2.05) is 0 Å². The van der Waals surface area contributed by atoms with Gasteiger partial charge in [0.05, 0.1) is 4.88 Å². The maximum absolute atomic E-state index is 12.2. The molecule has 0 atom stereocenters. The van der Waals surface area contributed by atoms with Crippen molar-refractivity contribution in [3.05, 3.63) is 21.4 Å². The second-order valence-electron chi connectivity index (χ2n) is 5.67. The van der Waals surface area contributed by atoms with Crippen LogP contribution in [0.5, 0.6) is 0 Å². The SMILES string of the molecule is O=C(NCC1CCNCC1)c1cc2c(s1)CCCC2. The van der Waals surface area contributed by atoms with Gasteiger partial charge >= 0.3 is 0 Å². The Morgan fingerprint density at radius 3 is 2.89 bits per heavy atom. The van der Waals surface area contributed by atoms with E-state index >= 15 is 0 Å². The Morgan fingerprint density at radius 1 is 1.32 bits per heavy atom. The zero-order valence-corrected chi connectivity index (χ0v) is 12.2. The lowest BCUT2D eigenvalue weighted by Gasteiger charge is -2.22. The highest BCUT2D eigenvalue weighted by Crippen LogP contribution is 2.29. The van der Waals surface area contributed by atoms with Gasteiger partial charge in [-0.25, -0.2) is 0 Å². The summed E-state index contributed by atoms with van der Waals surface area (Å²) in [7, 11) is 0. The van der Waals surface area contributed by atoms with E-state index < -0.39 is 0 Å². The minimum Gasteiger partial charge on any atom is -0.351 e. The third-order valence-electron chi connectivity index (χ3n) is 4.23. The molecular weight excluding hydrogens is 256 g/mol. The van der Waals surface area contributed by atoms with Crippen molar-refractivity contribution in [3.63, 3.8) is 0 Å². The number of amides is 1. The Balaban J connectivity index is 1.56. The molecule has 4 heteroatoms. The first-order valence-corrected chi connectivity index (χ1v) is 8.25. The maximum Gasteiger partial charge on any atom is 0.261 e.